The Bertz CT molecular complexity index is 809. The predicted octanol–water partition coefficient (Wildman–Crippen LogP) is -0.120. The van der Waals surface area contributed by atoms with E-state index < -0.39 is 40.7 Å². The molecule has 156 valence electrons. The van der Waals surface area contributed by atoms with Crippen molar-refractivity contribution in [3.05, 3.63) is 39.9 Å². The van der Waals surface area contributed by atoms with E-state index >= 15 is 0 Å². The molecule has 1 fully saturated rings. The molecule has 1 saturated heterocycles. The van der Waals surface area contributed by atoms with E-state index in [2.05, 4.69) is 10.6 Å². The van der Waals surface area contributed by atoms with E-state index in [1.807, 2.05) is 0 Å². The van der Waals surface area contributed by atoms with Gasteiger partial charge in [-0.3, -0.25) is 29.3 Å². The maximum absolute atomic E-state index is 12.5. The number of nitrogens with one attached hydrogen (secondary N) is 2. The minimum absolute atomic E-state index is 0.119. The fourth-order valence-electron chi connectivity index (χ4n) is 3.11. The number of carbonyl (C=O) groups excluding carboxylic acids is 4. The van der Waals surface area contributed by atoms with Crippen LogP contribution in [0.4, 0.5) is 5.69 Å². The van der Waals surface area contributed by atoms with Crippen molar-refractivity contribution in [1.82, 2.24) is 10.6 Å². The first-order chi connectivity index (χ1) is 13.7. The second-order valence-corrected chi connectivity index (χ2v) is 6.51. The normalized spacial score (nSPS) is 17.7. The van der Waals surface area contributed by atoms with Crippen LogP contribution in [-0.2, 0) is 23.9 Å². The minimum atomic E-state index is -1.29. The number of carbonyl (C=O) groups is 4. The number of rotatable bonds is 9. The Morgan fingerprint density at radius 3 is 2.48 bits per heavy atom. The van der Waals surface area contributed by atoms with Crippen LogP contribution in [0, 0.1) is 10.1 Å². The number of nitrogens with two attached hydrogens (primary N) is 1. The summed E-state index contributed by atoms with van der Waals surface area (Å²) in [5, 5.41) is 15.9. The Labute approximate surface area is 166 Å². The molecule has 0 unspecified atom stereocenters. The molecule has 4 N–H and O–H groups in total. The van der Waals surface area contributed by atoms with E-state index in [1.165, 1.54) is 24.3 Å². The molecule has 0 aliphatic carbocycles. The predicted molar refractivity (Wildman–Crippen MR) is 99.4 cm³/mol. The Balaban J connectivity index is 2.30. The molecule has 1 aromatic carbocycles. The lowest BCUT2D eigenvalue weighted by molar-refractivity contribution is -0.384. The number of nitrogens with zero attached hydrogens (tertiary/aromatic N) is 1. The molecule has 3 amide bonds. The zero-order valence-corrected chi connectivity index (χ0v) is 15.8. The average molecular weight is 406 g/mol. The number of nitro groups is 1. The van der Waals surface area contributed by atoms with Gasteiger partial charge in [-0.05, 0) is 18.9 Å². The molecule has 0 aromatic heterocycles. The maximum atomic E-state index is 12.5. The average Bonchev–Trinajstić information content (AvgIpc) is 3.11. The Kier molecular flexibility index (Phi) is 7.23. The lowest BCUT2D eigenvalue weighted by Crippen LogP contribution is -2.53. The SMILES string of the molecule is CCOC(=O)C[C@@H](c1ccc([N+](=O)[O-])cc1)[C@@H](NC(=O)[C@H]1CCC(=O)N1)C(N)=O. The van der Waals surface area contributed by atoms with E-state index in [4.69, 9.17) is 10.5 Å². The first kappa shape index (κ1) is 21.8. The third kappa shape index (κ3) is 5.74. The van der Waals surface area contributed by atoms with Gasteiger partial charge in [-0.1, -0.05) is 12.1 Å². The smallest absolute Gasteiger partial charge is 0.306 e. The summed E-state index contributed by atoms with van der Waals surface area (Å²) in [7, 11) is 0. The number of ether oxygens (including phenoxy) is 1. The summed E-state index contributed by atoms with van der Waals surface area (Å²) in [6, 6.07) is 3.15. The fourth-order valence-corrected chi connectivity index (χ4v) is 3.11. The number of primary amides is 1. The van der Waals surface area contributed by atoms with Crippen molar-refractivity contribution in [2.45, 2.75) is 44.2 Å². The summed E-state index contributed by atoms with van der Waals surface area (Å²) >= 11 is 0. The molecule has 11 heteroatoms. The lowest BCUT2D eigenvalue weighted by atomic mass is 9.87. The van der Waals surface area contributed by atoms with E-state index in [9.17, 15) is 29.3 Å². The highest BCUT2D eigenvalue weighted by Crippen LogP contribution is 2.27. The molecule has 0 saturated carbocycles. The molecule has 3 atom stereocenters. The van der Waals surface area contributed by atoms with Gasteiger partial charge in [0.25, 0.3) is 5.69 Å². The van der Waals surface area contributed by atoms with Gasteiger partial charge in [0, 0.05) is 24.5 Å². The van der Waals surface area contributed by atoms with Crippen molar-refractivity contribution >= 4 is 29.4 Å². The number of nitro benzene ring substituents is 1. The van der Waals surface area contributed by atoms with Crippen LogP contribution in [0.15, 0.2) is 24.3 Å². The van der Waals surface area contributed by atoms with Crippen molar-refractivity contribution in [3.63, 3.8) is 0 Å². The van der Waals surface area contributed by atoms with Crippen LogP contribution >= 0.6 is 0 Å². The summed E-state index contributed by atoms with van der Waals surface area (Å²) in [4.78, 5) is 58.2. The van der Waals surface area contributed by atoms with Crippen LogP contribution in [0.5, 0.6) is 0 Å². The Morgan fingerprint density at radius 1 is 1.34 bits per heavy atom. The number of hydrogen-bond donors (Lipinski definition) is 3. The van der Waals surface area contributed by atoms with Gasteiger partial charge < -0.3 is 21.1 Å². The zero-order valence-electron chi connectivity index (χ0n) is 15.8. The van der Waals surface area contributed by atoms with Gasteiger partial charge in [-0.15, -0.1) is 0 Å². The molecule has 1 aliphatic rings. The summed E-state index contributed by atoms with van der Waals surface area (Å²) < 4.78 is 4.94. The van der Waals surface area contributed by atoms with Gasteiger partial charge in [0.2, 0.25) is 17.7 Å². The second-order valence-electron chi connectivity index (χ2n) is 6.51. The van der Waals surface area contributed by atoms with E-state index in [0.29, 0.717) is 5.56 Å². The molecule has 29 heavy (non-hydrogen) atoms. The highest BCUT2D eigenvalue weighted by atomic mass is 16.6. The summed E-state index contributed by atoms with van der Waals surface area (Å²) in [6.07, 6.45) is 0.181. The number of amides is 3. The quantitative estimate of drug-likeness (QED) is 0.291. The lowest BCUT2D eigenvalue weighted by Gasteiger charge is -2.26. The largest absolute Gasteiger partial charge is 0.466 e. The molecule has 11 nitrogen and oxygen atoms in total. The Morgan fingerprint density at radius 2 is 2.00 bits per heavy atom. The van der Waals surface area contributed by atoms with E-state index in [-0.39, 0.29) is 37.5 Å². The highest BCUT2D eigenvalue weighted by molar-refractivity contribution is 5.94. The molecule has 0 bridgehead atoms. The van der Waals surface area contributed by atoms with Gasteiger partial charge in [0.1, 0.15) is 12.1 Å². The van der Waals surface area contributed by atoms with Crippen molar-refractivity contribution in [3.8, 4) is 0 Å². The molecule has 1 aliphatic heterocycles. The van der Waals surface area contributed by atoms with Gasteiger partial charge >= 0.3 is 5.97 Å². The summed E-state index contributed by atoms with van der Waals surface area (Å²) in [5.41, 5.74) is 5.70. The van der Waals surface area contributed by atoms with E-state index in [1.54, 1.807) is 6.92 Å². The number of non-ortho nitro benzene ring substituents is 1. The molecular weight excluding hydrogens is 384 g/mol. The van der Waals surface area contributed by atoms with Crippen LogP contribution in [0.3, 0.4) is 0 Å². The molecule has 2 rings (SSSR count). The number of hydrogen-bond acceptors (Lipinski definition) is 7. The second kappa shape index (κ2) is 9.62. The van der Waals surface area contributed by atoms with Crippen molar-refractivity contribution in [2.75, 3.05) is 6.61 Å². The molecule has 0 spiro atoms. The standard InChI is InChI=1S/C18H22N4O7/c1-2-29-15(24)9-12(10-3-5-11(6-4-10)22(27)28)16(17(19)25)21-18(26)13-7-8-14(23)20-13/h3-6,12-13,16H,2,7-9H2,1H3,(H2,19,25)(H,20,23)(H,21,26)/t12-,13+,16+/m0/s1. The van der Waals surface area contributed by atoms with Crippen LogP contribution < -0.4 is 16.4 Å². The Hall–Kier alpha value is -3.50. The molecular formula is C18H22N4O7. The van der Waals surface area contributed by atoms with Gasteiger partial charge in [-0.25, -0.2) is 0 Å². The van der Waals surface area contributed by atoms with Crippen LogP contribution in [0.1, 0.15) is 37.7 Å². The topological polar surface area (TPSA) is 171 Å². The van der Waals surface area contributed by atoms with Crippen LogP contribution in [-0.4, -0.2) is 47.3 Å². The fraction of sp³-hybridized carbons (Fsp3) is 0.444. The first-order valence-corrected chi connectivity index (χ1v) is 9.02. The number of esters is 1. The number of benzene rings is 1. The van der Waals surface area contributed by atoms with Gasteiger partial charge in [0.15, 0.2) is 0 Å². The summed E-state index contributed by atoms with van der Waals surface area (Å²) in [5.74, 6) is -3.30. The van der Waals surface area contributed by atoms with Crippen molar-refractivity contribution in [2.24, 2.45) is 5.73 Å². The zero-order chi connectivity index (χ0) is 21.6. The van der Waals surface area contributed by atoms with Gasteiger partial charge in [0.05, 0.1) is 18.0 Å². The molecule has 1 heterocycles. The monoisotopic (exact) mass is 406 g/mol. The summed E-state index contributed by atoms with van der Waals surface area (Å²) in [6.45, 7) is 1.74. The third-order valence-electron chi connectivity index (χ3n) is 4.54. The van der Waals surface area contributed by atoms with Gasteiger partial charge in [-0.2, -0.15) is 0 Å². The highest BCUT2D eigenvalue weighted by Gasteiger charge is 2.35. The van der Waals surface area contributed by atoms with Crippen molar-refractivity contribution < 1.29 is 28.8 Å². The first-order valence-electron chi connectivity index (χ1n) is 9.02. The molecule has 0 radical (unpaired) electrons. The minimum Gasteiger partial charge on any atom is -0.466 e. The van der Waals surface area contributed by atoms with Crippen LogP contribution in [0.2, 0.25) is 0 Å². The third-order valence-corrected chi connectivity index (χ3v) is 4.54. The van der Waals surface area contributed by atoms with Crippen molar-refractivity contribution in [1.29, 1.82) is 0 Å². The van der Waals surface area contributed by atoms with Crippen LogP contribution in [0.25, 0.3) is 0 Å². The molecule has 1 aromatic rings. The van der Waals surface area contributed by atoms with E-state index in [0.717, 1.165) is 0 Å². The maximum Gasteiger partial charge on any atom is 0.306 e.